The molecule has 27 heavy (non-hydrogen) atoms. The summed E-state index contributed by atoms with van der Waals surface area (Å²) < 4.78 is 17.0. The molecule has 0 N–H and O–H groups in total. The molecule has 0 aliphatic heterocycles. The van der Waals surface area contributed by atoms with Gasteiger partial charge < -0.3 is 14.2 Å². The molecule has 2 aromatic rings. The molecule has 0 bridgehead atoms. The van der Waals surface area contributed by atoms with E-state index in [2.05, 4.69) is 15.9 Å². The van der Waals surface area contributed by atoms with Crippen molar-refractivity contribution in [2.45, 2.75) is 32.6 Å². The molecular formula is C20H25BrO5S. The number of carbonyl (C=O) groups is 2. The van der Waals surface area contributed by atoms with Gasteiger partial charge in [-0.1, -0.05) is 22.9 Å². The smallest absolute Gasteiger partial charge is 0.308 e. The first-order valence-electron chi connectivity index (χ1n) is 8.91. The first-order chi connectivity index (χ1) is 13.0. The molecule has 0 amide bonds. The van der Waals surface area contributed by atoms with Crippen LogP contribution in [0.3, 0.4) is 0 Å². The van der Waals surface area contributed by atoms with Crippen molar-refractivity contribution in [1.29, 1.82) is 0 Å². The number of fused-ring (bicyclic) bond motifs is 1. The standard InChI is InChI=1S/C20H25BrO5S/c1-13(20(23)25-3)9-15(22)19-11-14-10-17(26-8-6-4-5-7-21)16(24-2)12-18(14)27-19/h10-13H,4-9H2,1-3H3/t13-/m0/s1. The summed E-state index contributed by atoms with van der Waals surface area (Å²) in [7, 11) is 2.94. The van der Waals surface area contributed by atoms with Crippen molar-refractivity contribution in [2.24, 2.45) is 5.92 Å². The minimum Gasteiger partial charge on any atom is -0.493 e. The Hall–Kier alpha value is -1.60. The number of ketones is 1. The van der Waals surface area contributed by atoms with Crippen LogP contribution in [0.15, 0.2) is 18.2 Å². The van der Waals surface area contributed by atoms with E-state index in [9.17, 15) is 9.59 Å². The van der Waals surface area contributed by atoms with Gasteiger partial charge in [0.1, 0.15) is 0 Å². The third-order valence-corrected chi connectivity index (χ3v) is 5.91. The Labute approximate surface area is 172 Å². The van der Waals surface area contributed by atoms with Gasteiger partial charge in [0.05, 0.1) is 31.6 Å². The average molecular weight is 457 g/mol. The molecule has 1 aromatic carbocycles. The van der Waals surface area contributed by atoms with Crippen LogP contribution in [0.2, 0.25) is 0 Å². The fourth-order valence-electron chi connectivity index (χ4n) is 2.68. The van der Waals surface area contributed by atoms with Crippen LogP contribution in [-0.4, -0.2) is 37.9 Å². The van der Waals surface area contributed by atoms with Crippen LogP contribution in [0.1, 0.15) is 42.3 Å². The Morgan fingerprint density at radius 1 is 1.11 bits per heavy atom. The maximum absolute atomic E-state index is 12.5. The van der Waals surface area contributed by atoms with E-state index in [-0.39, 0.29) is 18.2 Å². The van der Waals surface area contributed by atoms with Gasteiger partial charge in [0.25, 0.3) is 0 Å². The SMILES string of the molecule is COC(=O)[C@@H](C)CC(=O)c1cc2cc(OCCCCCBr)c(OC)cc2s1. The van der Waals surface area contributed by atoms with Crippen LogP contribution in [0.25, 0.3) is 10.1 Å². The van der Waals surface area contributed by atoms with Crippen molar-refractivity contribution in [3.63, 3.8) is 0 Å². The largest absolute Gasteiger partial charge is 0.493 e. The van der Waals surface area contributed by atoms with Gasteiger partial charge in [0.2, 0.25) is 0 Å². The van der Waals surface area contributed by atoms with Gasteiger partial charge in [0, 0.05) is 22.5 Å². The number of carbonyl (C=O) groups excluding carboxylic acids is 2. The molecule has 0 fully saturated rings. The topological polar surface area (TPSA) is 61.8 Å². The molecule has 5 nitrogen and oxygen atoms in total. The number of hydrogen-bond donors (Lipinski definition) is 0. The van der Waals surface area contributed by atoms with Gasteiger partial charge in [-0.15, -0.1) is 11.3 Å². The molecule has 7 heteroatoms. The van der Waals surface area contributed by atoms with Crippen LogP contribution in [0.5, 0.6) is 11.5 Å². The second-order valence-electron chi connectivity index (χ2n) is 6.30. The summed E-state index contributed by atoms with van der Waals surface area (Å²) in [4.78, 5) is 24.7. The number of halogens is 1. The Balaban J connectivity index is 2.13. The maximum atomic E-state index is 12.5. The fourth-order valence-corrected chi connectivity index (χ4v) is 4.09. The number of Topliss-reactive ketones (excluding diaryl/α,β-unsaturated/α-hetero) is 1. The van der Waals surface area contributed by atoms with Gasteiger partial charge in [-0.05, 0) is 36.8 Å². The number of thiophene rings is 1. The van der Waals surface area contributed by atoms with E-state index < -0.39 is 5.92 Å². The van der Waals surface area contributed by atoms with Crippen molar-refractivity contribution in [2.75, 3.05) is 26.2 Å². The van der Waals surface area contributed by atoms with E-state index in [1.54, 1.807) is 14.0 Å². The zero-order chi connectivity index (χ0) is 19.8. The lowest BCUT2D eigenvalue weighted by Crippen LogP contribution is -2.16. The van der Waals surface area contributed by atoms with Gasteiger partial charge in [-0.25, -0.2) is 0 Å². The quantitative estimate of drug-likeness (QED) is 0.200. The highest BCUT2D eigenvalue weighted by atomic mass is 79.9. The molecule has 1 heterocycles. The predicted octanol–water partition coefficient (Wildman–Crippen LogP) is 5.24. The second-order valence-corrected chi connectivity index (χ2v) is 8.18. The van der Waals surface area contributed by atoms with Crippen LogP contribution in [0, 0.1) is 5.92 Å². The summed E-state index contributed by atoms with van der Waals surface area (Å²) in [6, 6.07) is 5.66. The summed E-state index contributed by atoms with van der Waals surface area (Å²) in [6.45, 7) is 2.32. The third kappa shape index (κ3) is 5.94. The lowest BCUT2D eigenvalue weighted by Gasteiger charge is -2.10. The van der Waals surface area contributed by atoms with Crippen LogP contribution < -0.4 is 9.47 Å². The van der Waals surface area contributed by atoms with Crippen molar-refractivity contribution >= 4 is 49.1 Å². The number of rotatable bonds is 11. The minimum absolute atomic E-state index is 0.0645. The van der Waals surface area contributed by atoms with Crippen molar-refractivity contribution in [3.8, 4) is 11.5 Å². The minimum atomic E-state index is -0.458. The summed E-state index contributed by atoms with van der Waals surface area (Å²) in [5, 5.41) is 1.94. The Morgan fingerprint density at radius 3 is 2.56 bits per heavy atom. The number of ether oxygens (including phenoxy) is 3. The van der Waals surface area contributed by atoms with E-state index >= 15 is 0 Å². The number of benzene rings is 1. The number of unbranched alkanes of at least 4 members (excludes halogenated alkanes) is 2. The average Bonchev–Trinajstić information content (AvgIpc) is 3.09. The molecule has 0 aliphatic rings. The highest BCUT2D eigenvalue weighted by Gasteiger charge is 2.20. The zero-order valence-corrected chi connectivity index (χ0v) is 18.3. The number of methoxy groups -OCH3 is 2. The Kier molecular flexibility index (Phi) is 8.57. The van der Waals surface area contributed by atoms with E-state index in [0.717, 1.165) is 34.7 Å². The van der Waals surface area contributed by atoms with Crippen LogP contribution in [-0.2, 0) is 9.53 Å². The Bertz CT molecular complexity index is 786. The summed E-state index contributed by atoms with van der Waals surface area (Å²) in [5.41, 5.74) is 0. The lowest BCUT2D eigenvalue weighted by molar-refractivity contribution is -0.144. The normalized spacial score (nSPS) is 12.0. The summed E-state index contributed by atoms with van der Waals surface area (Å²) in [6.07, 6.45) is 3.34. The van der Waals surface area contributed by atoms with E-state index in [4.69, 9.17) is 14.2 Å². The molecular weight excluding hydrogens is 432 g/mol. The van der Waals surface area contributed by atoms with Gasteiger partial charge in [0.15, 0.2) is 17.3 Å². The van der Waals surface area contributed by atoms with E-state index in [0.29, 0.717) is 23.0 Å². The monoisotopic (exact) mass is 456 g/mol. The summed E-state index contributed by atoms with van der Waals surface area (Å²) >= 11 is 4.82. The van der Waals surface area contributed by atoms with Crippen LogP contribution in [0.4, 0.5) is 0 Å². The zero-order valence-electron chi connectivity index (χ0n) is 15.9. The van der Waals surface area contributed by atoms with Crippen molar-refractivity contribution < 1.29 is 23.8 Å². The third-order valence-electron chi connectivity index (χ3n) is 4.21. The molecule has 1 atom stereocenters. The first kappa shape index (κ1) is 21.7. The highest BCUT2D eigenvalue weighted by molar-refractivity contribution is 9.09. The van der Waals surface area contributed by atoms with Gasteiger partial charge in [-0.3, -0.25) is 9.59 Å². The molecule has 0 aliphatic carbocycles. The summed E-state index contributed by atoms with van der Waals surface area (Å²) in [5.74, 6) is 0.447. The highest BCUT2D eigenvalue weighted by Crippen LogP contribution is 2.37. The fraction of sp³-hybridized carbons (Fsp3) is 0.500. The maximum Gasteiger partial charge on any atom is 0.308 e. The Morgan fingerprint density at radius 2 is 1.89 bits per heavy atom. The first-order valence-corrected chi connectivity index (χ1v) is 10.8. The molecule has 0 radical (unpaired) electrons. The predicted molar refractivity (Wildman–Crippen MR) is 112 cm³/mol. The van der Waals surface area contributed by atoms with E-state index in [1.165, 1.54) is 18.4 Å². The second kappa shape index (κ2) is 10.7. The van der Waals surface area contributed by atoms with Gasteiger partial charge >= 0.3 is 5.97 Å². The number of esters is 1. The van der Waals surface area contributed by atoms with E-state index in [1.807, 2.05) is 18.2 Å². The van der Waals surface area contributed by atoms with Crippen LogP contribution >= 0.6 is 27.3 Å². The number of hydrogen-bond acceptors (Lipinski definition) is 6. The molecule has 2 rings (SSSR count). The van der Waals surface area contributed by atoms with Gasteiger partial charge in [-0.2, -0.15) is 0 Å². The molecule has 148 valence electrons. The molecule has 0 unspecified atom stereocenters. The molecule has 0 saturated carbocycles. The molecule has 0 saturated heterocycles. The number of alkyl halides is 1. The van der Waals surface area contributed by atoms with Crippen molar-refractivity contribution in [1.82, 2.24) is 0 Å². The molecule has 1 aromatic heterocycles. The van der Waals surface area contributed by atoms with Crippen molar-refractivity contribution in [3.05, 3.63) is 23.1 Å². The lowest BCUT2D eigenvalue weighted by atomic mass is 10.0. The molecule has 0 spiro atoms.